The predicted molar refractivity (Wildman–Crippen MR) is 120 cm³/mol. The lowest BCUT2D eigenvalue weighted by atomic mass is 10.2. The van der Waals surface area contributed by atoms with Gasteiger partial charge in [-0.05, 0) is 23.8 Å². The molecule has 0 atom stereocenters. The van der Waals surface area contributed by atoms with Crippen molar-refractivity contribution < 1.29 is 14.0 Å². The number of anilines is 1. The molecular formula is C21H17ClFN3O2S2. The molecule has 2 amide bonds. The van der Waals surface area contributed by atoms with Crippen LogP contribution in [0.1, 0.15) is 5.56 Å². The third-order valence-corrected chi connectivity index (χ3v) is 6.68. The fraction of sp³-hybridized carbons (Fsp3) is 0.190. The van der Waals surface area contributed by atoms with E-state index >= 15 is 0 Å². The minimum Gasteiger partial charge on any atom is -0.323 e. The number of thioether (sulfide) groups is 1. The fourth-order valence-corrected chi connectivity index (χ4v) is 4.93. The van der Waals surface area contributed by atoms with Crippen LogP contribution in [0.5, 0.6) is 0 Å². The highest BCUT2D eigenvalue weighted by molar-refractivity contribution is 8.13. The van der Waals surface area contributed by atoms with Gasteiger partial charge in [-0.1, -0.05) is 53.7 Å². The van der Waals surface area contributed by atoms with E-state index in [1.807, 2.05) is 23.6 Å². The summed E-state index contributed by atoms with van der Waals surface area (Å²) in [5, 5.41) is 2.82. The van der Waals surface area contributed by atoms with Crippen LogP contribution in [0.3, 0.4) is 0 Å². The summed E-state index contributed by atoms with van der Waals surface area (Å²) in [5.74, 6) is 0.0969. The van der Waals surface area contributed by atoms with Gasteiger partial charge in [-0.15, -0.1) is 11.3 Å². The van der Waals surface area contributed by atoms with Crippen LogP contribution in [0.25, 0.3) is 11.3 Å². The van der Waals surface area contributed by atoms with Crippen molar-refractivity contribution >= 4 is 51.0 Å². The second kappa shape index (κ2) is 9.16. The summed E-state index contributed by atoms with van der Waals surface area (Å²) in [5.41, 5.74) is 2.22. The van der Waals surface area contributed by atoms with Gasteiger partial charge in [0.15, 0.2) is 5.13 Å². The van der Waals surface area contributed by atoms with E-state index in [1.165, 1.54) is 45.0 Å². The fourth-order valence-electron chi connectivity index (χ4n) is 3.03. The number of benzene rings is 2. The van der Waals surface area contributed by atoms with Crippen LogP contribution < -0.4 is 4.90 Å². The van der Waals surface area contributed by atoms with E-state index in [0.717, 1.165) is 11.1 Å². The Morgan fingerprint density at radius 3 is 2.67 bits per heavy atom. The molecular weight excluding hydrogens is 445 g/mol. The largest absolute Gasteiger partial charge is 0.323 e. The summed E-state index contributed by atoms with van der Waals surface area (Å²) in [4.78, 5) is 32.8. The lowest BCUT2D eigenvalue weighted by Gasteiger charge is -2.23. The number of carbonyl (C=O) groups is 2. The van der Waals surface area contributed by atoms with E-state index in [4.69, 9.17) is 11.6 Å². The Kier molecular flexibility index (Phi) is 6.36. The van der Waals surface area contributed by atoms with Crippen LogP contribution in [0.4, 0.5) is 14.3 Å². The molecule has 0 radical (unpaired) electrons. The van der Waals surface area contributed by atoms with Crippen LogP contribution >= 0.6 is 34.7 Å². The first kappa shape index (κ1) is 20.8. The Morgan fingerprint density at radius 2 is 1.97 bits per heavy atom. The molecule has 1 aliphatic rings. The zero-order valence-electron chi connectivity index (χ0n) is 15.8. The summed E-state index contributed by atoms with van der Waals surface area (Å²) in [6, 6.07) is 13.4. The van der Waals surface area contributed by atoms with Crippen molar-refractivity contribution in [2.45, 2.75) is 6.54 Å². The molecule has 2 aromatic carbocycles. The molecule has 30 heavy (non-hydrogen) atoms. The Labute approximate surface area is 186 Å². The van der Waals surface area contributed by atoms with Crippen LogP contribution in [-0.4, -0.2) is 39.9 Å². The number of hydrogen-bond donors (Lipinski definition) is 0. The van der Waals surface area contributed by atoms with E-state index in [2.05, 4.69) is 4.98 Å². The maximum atomic E-state index is 13.3. The van der Waals surface area contributed by atoms with Crippen molar-refractivity contribution in [3.8, 4) is 11.3 Å². The lowest BCUT2D eigenvalue weighted by molar-refractivity contribution is -0.119. The van der Waals surface area contributed by atoms with Gasteiger partial charge >= 0.3 is 0 Å². The van der Waals surface area contributed by atoms with E-state index in [-0.39, 0.29) is 30.1 Å². The Balaban J connectivity index is 1.62. The van der Waals surface area contributed by atoms with Gasteiger partial charge in [0.1, 0.15) is 12.4 Å². The molecule has 1 saturated heterocycles. The minimum absolute atomic E-state index is 0.0198. The summed E-state index contributed by atoms with van der Waals surface area (Å²) >= 11 is 8.82. The molecule has 5 nitrogen and oxygen atoms in total. The maximum absolute atomic E-state index is 13.3. The molecule has 0 spiro atoms. The van der Waals surface area contributed by atoms with E-state index in [0.29, 0.717) is 28.1 Å². The third kappa shape index (κ3) is 4.66. The highest BCUT2D eigenvalue weighted by atomic mass is 35.5. The van der Waals surface area contributed by atoms with Crippen molar-refractivity contribution in [3.05, 3.63) is 70.3 Å². The van der Waals surface area contributed by atoms with Gasteiger partial charge in [-0.3, -0.25) is 14.5 Å². The molecule has 3 aromatic rings. The van der Waals surface area contributed by atoms with Gasteiger partial charge in [-0.25, -0.2) is 9.37 Å². The first-order valence-corrected chi connectivity index (χ1v) is 11.4. The summed E-state index contributed by atoms with van der Waals surface area (Å²) < 4.78 is 13.3. The van der Waals surface area contributed by atoms with E-state index in [9.17, 15) is 14.0 Å². The summed E-state index contributed by atoms with van der Waals surface area (Å²) in [6.45, 7) is 0.750. The smallest absolute Gasteiger partial charge is 0.282 e. The number of nitrogens with zero attached hydrogens (tertiary/aromatic N) is 3. The quantitative estimate of drug-likeness (QED) is 0.499. The van der Waals surface area contributed by atoms with Crippen molar-refractivity contribution in [2.24, 2.45) is 0 Å². The highest BCUT2D eigenvalue weighted by Gasteiger charge is 2.27. The molecule has 1 aliphatic heterocycles. The average Bonchev–Trinajstić information content (AvgIpc) is 3.37. The normalized spacial score (nSPS) is 13.7. The molecule has 0 saturated carbocycles. The molecule has 0 bridgehead atoms. The number of amides is 2. The van der Waals surface area contributed by atoms with Gasteiger partial charge in [-0.2, -0.15) is 0 Å². The van der Waals surface area contributed by atoms with Gasteiger partial charge in [0.2, 0.25) is 5.91 Å². The number of aromatic nitrogens is 1. The van der Waals surface area contributed by atoms with Crippen LogP contribution in [0.2, 0.25) is 5.02 Å². The van der Waals surface area contributed by atoms with E-state index in [1.54, 1.807) is 18.2 Å². The number of hydrogen-bond acceptors (Lipinski definition) is 5. The molecule has 9 heteroatoms. The van der Waals surface area contributed by atoms with Crippen LogP contribution in [-0.2, 0) is 11.3 Å². The van der Waals surface area contributed by atoms with Gasteiger partial charge in [0.25, 0.3) is 5.24 Å². The minimum atomic E-state index is -0.341. The zero-order chi connectivity index (χ0) is 21.1. The molecule has 1 fully saturated rings. The van der Waals surface area contributed by atoms with Gasteiger partial charge in [0.05, 0.1) is 12.2 Å². The number of rotatable bonds is 6. The Hall–Kier alpha value is -2.42. The SMILES string of the molecule is O=C1SCCN1CC(=O)N(Cc1ccc(F)cc1)c1nc(-c2ccccc2Cl)cs1. The molecule has 154 valence electrons. The molecule has 0 N–H and O–H groups in total. The molecule has 1 aromatic heterocycles. The van der Waals surface area contributed by atoms with Crippen LogP contribution in [0.15, 0.2) is 53.9 Å². The zero-order valence-corrected chi connectivity index (χ0v) is 18.1. The monoisotopic (exact) mass is 461 g/mol. The molecule has 0 aliphatic carbocycles. The highest BCUT2D eigenvalue weighted by Crippen LogP contribution is 2.32. The average molecular weight is 462 g/mol. The number of halogens is 2. The molecule has 0 unspecified atom stereocenters. The molecule has 2 heterocycles. The van der Waals surface area contributed by atoms with Gasteiger partial charge < -0.3 is 4.90 Å². The third-order valence-electron chi connectivity index (χ3n) is 4.60. The number of carbonyl (C=O) groups excluding carboxylic acids is 2. The second-order valence-corrected chi connectivity index (χ2v) is 8.93. The second-order valence-electron chi connectivity index (χ2n) is 6.64. The first-order valence-electron chi connectivity index (χ1n) is 9.18. The first-order chi connectivity index (χ1) is 14.5. The van der Waals surface area contributed by atoms with E-state index < -0.39 is 0 Å². The Morgan fingerprint density at radius 1 is 1.20 bits per heavy atom. The standard InChI is InChI=1S/C21H17ClFN3O2S2/c22-17-4-2-1-3-16(17)18-13-30-20(24-18)26(11-14-5-7-15(23)8-6-14)19(27)12-25-9-10-29-21(25)28/h1-8,13H,9-12H2. The maximum Gasteiger partial charge on any atom is 0.282 e. The van der Waals surface area contributed by atoms with Crippen molar-refractivity contribution in [2.75, 3.05) is 23.7 Å². The Bertz CT molecular complexity index is 1070. The topological polar surface area (TPSA) is 53.5 Å². The number of thiazole rings is 1. The predicted octanol–water partition coefficient (Wildman–Crippen LogP) is 5.30. The summed E-state index contributed by atoms with van der Waals surface area (Å²) in [7, 11) is 0. The van der Waals surface area contributed by atoms with Crippen LogP contribution in [0, 0.1) is 5.82 Å². The van der Waals surface area contributed by atoms with Crippen molar-refractivity contribution in [3.63, 3.8) is 0 Å². The molecule has 4 rings (SSSR count). The lowest BCUT2D eigenvalue weighted by Crippen LogP contribution is -2.40. The van der Waals surface area contributed by atoms with Crippen molar-refractivity contribution in [1.29, 1.82) is 0 Å². The van der Waals surface area contributed by atoms with Crippen molar-refractivity contribution in [1.82, 2.24) is 9.88 Å². The summed E-state index contributed by atoms with van der Waals surface area (Å²) in [6.07, 6.45) is 0. The van der Waals surface area contributed by atoms with Gasteiger partial charge in [0, 0.05) is 28.3 Å².